The zero-order valence-corrected chi connectivity index (χ0v) is 16.2. The van der Waals surface area contributed by atoms with E-state index in [1.54, 1.807) is 11.8 Å². The number of hydrogen-bond donors (Lipinski definition) is 3. The Morgan fingerprint density at radius 1 is 1.27 bits per heavy atom. The van der Waals surface area contributed by atoms with Gasteiger partial charge in [0, 0.05) is 23.9 Å². The van der Waals surface area contributed by atoms with E-state index in [0.29, 0.717) is 11.3 Å². The number of rotatable bonds is 11. The molecule has 0 aromatic carbocycles. The first kappa shape index (κ1) is 21.2. The summed E-state index contributed by atoms with van der Waals surface area (Å²) in [5.41, 5.74) is -0.416. The van der Waals surface area contributed by atoms with E-state index in [1.165, 1.54) is 42.9 Å². The summed E-state index contributed by atoms with van der Waals surface area (Å²) in [6.45, 7) is 1.89. The summed E-state index contributed by atoms with van der Waals surface area (Å²) < 4.78 is 6.81. The molecule has 148 valence electrons. The molecule has 0 saturated carbocycles. The Morgan fingerprint density at radius 2 is 2.00 bits per heavy atom. The maximum absolute atomic E-state index is 12.1. The standard InChI is InChI=1S/C18H30N2O5S/c1-2-3-4-5-6-7-8-26-12-13-10-20(18(24)19-17(13)23)16-9-14(22)15(11-21)25-16/h10,14-16,21-22H,2-9,11-12H2,1H3,(H,19,23,24)/t14-,15+,16+/m0/s1. The second-order valence-corrected chi connectivity index (χ2v) is 7.86. The third-order valence-corrected chi connectivity index (χ3v) is 5.73. The minimum atomic E-state index is -0.825. The van der Waals surface area contributed by atoms with Gasteiger partial charge >= 0.3 is 5.69 Å². The van der Waals surface area contributed by atoms with Gasteiger partial charge in [-0.1, -0.05) is 39.0 Å². The molecule has 3 atom stereocenters. The number of ether oxygens (including phenoxy) is 1. The molecule has 0 aliphatic carbocycles. The number of H-pyrrole nitrogens is 1. The fourth-order valence-electron chi connectivity index (χ4n) is 3.06. The summed E-state index contributed by atoms with van der Waals surface area (Å²) in [5.74, 6) is 1.51. The van der Waals surface area contributed by atoms with Gasteiger partial charge in [-0.25, -0.2) is 4.79 Å². The highest BCUT2D eigenvalue weighted by atomic mass is 32.2. The summed E-state index contributed by atoms with van der Waals surface area (Å²) in [6, 6.07) is 0. The first-order valence-electron chi connectivity index (χ1n) is 9.43. The number of nitrogens with zero attached hydrogens (tertiary/aromatic N) is 1. The predicted molar refractivity (Wildman–Crippen MR) is 102 cm³/mol. The van der Waals surface area contributed by atoms with Crippen molar-refractivity contribution in [3.05, 3.63) is 32.6 Å². The maximum atomic E-state index is 12.1. The normalized spacial score (nSPS) is 22.8. The molecule has 1 aromatic rings. The molecular weight excluding hydrogens is 356 g/mol. The molecule has 1 fully saturated rings. The number of aliphatic hydroxyl groups excluding tert-OH is 2. The maximum Gasteiger partial charge on any atom is 0.330 e. The van der Waals surface area contributed by atoms with E-state index in [0.717, 1.165) is 12.2 Å². The Hall–Kier alpha value is -1.09. The lowest BCUT2D eigenvalue weighted by molar-refractivity contribution is -0.0459. The summed E-state index contributed by atoms with van der Waals surface area (Å²) in [5, 5.41) is 19.0. The lowest BCUT2D eigenvalue weighted by Crippen LogP contribution is -2.34. The first-order valence-corrected chi connectivity index (χ1v) is 10.6. The number of hydrogen-bond acceptors (Lipinski definition) is 6. The highest BCUT2D eigenvalue weighted by molar-refractivity contribution is 7.98. The summed E-state index contributed by atoms with van der Waals surface area (Å²) >= 11 is 1.68. The van der Waals surface area contributed by atoms with Crippen LogP contribution in [0.5, 0.6) is 0 Å². The molecule has 0 unspecified atom stereocenters. The number of unbranched alkanes of at least 4 members (excludes halogenated alkanes) is 5. The van der Waals surface area contributed by atoms with Crippen molar-refractivity contribution in [2.24, 2.45) is 0 Å². The Bertz CT molecular complexity index is 660. The molecule has 3 N–H and O–H groups in total. The fraction of sp³-hybridized carbons (Fsp3) is 0.778. The van der Waals surface area contributed by atoms with Crippen molar-refractivity contribution in [2.75, 3.05) is 12.4 Å². The molecule has 1 aromatic heterocycles. The second kappa shape index (κ2) is 10.9. The minimum absolute atomic E-state index is 0.210. The molecule has 0 radical (unpaired) electrons. The van der Waals surface area contributed by atoms with Crippen LogP contribution in [0.2, 0.25) is 0 Å². The number of thioether (sulfide) groups is 1. The van der Waals surface area contributed by atoms with Crippen LogP contribution in [0.4, 0.5) is 0 Å². The monoisotopic (exact) mass is 386 g/mol. The first-order chi connectivity index (χ1) is 12.6. The number of aliphatic hydroxyl groups is 2. The lowest BCUT2D eigenvalue weighted by atomic mass is 10.1. The van der Waals surface area contributed by atoms with Crippen molar-refractivity contribution >= 4 is 11.8 Å². The van der Waals surface area contributed by atoms with Gasteiger partial charge in [-0.3, -0.25) is 14.3 Å². The van der Waals surface area contributed by atoms with E-state index >= 15 is 0 Å². The molecule has 8 heteroatoms. The third-order valence-electron chi connectivity index (χ3n) is 4.64. The predicted octanol–water partition coefficient (Wildman–Crippen LogP) is 1.77. The van der Waals surface area contributed by atoms with Crippen molar-refractivity contribution < 1.29 is 14.9 Å². The van der Waals surface area contributed by atoms with E-state index in [9.17, 15) is 19.8 Å². The van der Waals surface area contributed by atoms with Gasteiger partial charge < -0.3 is 14.9 Å². The van der Waals surface area contributed by atoms with Crippen LogP contribution >= 0.6 is 11.8 Å². The van der Waals surface area contributed by atoms with Crippen LogP contribution < -0.4 is 11.2 Å². The quantitative estimate of drug-likeness (QED) is 0.501. The Morgan fingerprint density at radius 3 is 2.69 bits per heavy atom. The van der Waals surface area contributed by atoms with Crippen LogP contribution in [-0.2, 0) is 10.5 Å². The van der Waals surface area contributed by atoms with Crippen molar-refractivity contribution in [3.63, 3.8) is 0 Å². The molecule has 0 spiro atoms. The summed E-state index contributed by atoms with van der Waals surface area (Å²) in [7, 11) is 0. The molecular formula is C18H30N2O5S. The molecule has 0 amide bonds. The van der Waals surface area contributed by atoms with Crippen LogP contribution in [0.25, 0.3) is 0 Å². The highest BCUT2D eigenvalue weighted by Gasteiger charge is 2.35. The largest absolute Gasteiger partial charge is 0.394 e. The van der Waals surface area contributed by atoms with Gasteiger partial charge in [0.2, 0.25) is 0 Å². The average Bonchev–Trinajstić information content (AvgIpc) is 2.99. The smallest absolute Gasteiger partial charge is 0.330 e. The van der Waals surface area contributed by atoms with Gasteiger partial charge in [0.1, 0.15) is 12.3 Å². The number of aromatic nitrogens is 2. The van der Waals surface area contributed by atoms with Crippen LogP contribution in [0.1, 0.15) is 63.7 Å². The van der Waals surface area contributed by atoms with Crippen LogP contribution in [0.15, 0.2) is 15.8 Å². The zero-order chi connectivity index (χ0) is 18.9. The SMILES string of the molecule is CCCCCCCCSCc1cn([C@H]2C[C@H](O)[C@@H](CO)O2)c(=O)[nH]c1=O. The van der Waals surface area contributed by atoms with E-state index in [1.807, 2.05) is 0 Å². The van der Waals surface area contributed by atoms with E-state index in [-0.39, 0.29) is 18.6 Å². The molecule has 1 saturated heterocycles. The Balaban J connectivity index is 1.88. The molecule has 1 aliphatic heterocycles. The fourth-order valence-corrected chi connectivity index (χ4v) is 4.04. The van der Waals surface area contributed by atoms with Crippen molar-refractivity contribution in [1.82, 2.24) is 9.55 Å². The van der Waals surface area contributed by atoms with Gasteiger partial charge in [-0.05, 0) is 12.2 Å². The molecule has 2 rings (SSSR count). The molecule has 0 bridgehead atoms. The Labute approximate surface area is 157 Å². The van der Waals surface area contributed by atoms with Crippen molar-refractivity contribution in [1.29, 1.82) is 0 Å². The summed E-state index contributed by atoms with van der Waals surface area (Å²) in [4.78, 5) is 26.4. The molecule has 7 nitrogen and oxygen atoms in total. The molecule has 2 heterocycles. The third kappa shape index (κ3) is 5.97. The van der Waals surface area contributed by atoms with Crippen LogP contribution in [0.3, 0.4) is 0 Å². The minimum Gasteiger partial charge on any atom is -0.394 e. The lowest BCUT2D eigenvalue weighted by Gasteiger charge is -2.15. The van der Waals surface area contributed by atoms with Gasteiger partial charge in [-0.15, -0.1) is 0 Å². The topological polar surface area (TPSA) is 105 Å². The van der Waals surface area contributed by atoms with Crippen LogP contribution in [0, 0.1) is 0 Å². The number of aromatic amines is 1. The van der Waals surface area contributed by atoms with Crippen LogP contribution in [-0.4, -0.2) is 44.3 Å². The van der Waals surface area contributed by atoms with E-state index in [4.69, 9.17) is 4.74 Å². The molecule has 26 heavy (non-hydrogen) atoms. The Kier molecular flexibility index (Phi) is 8.90. The zero-order valence-electron chi connectivity index (χ0n) is 15.4. The van der Waals surface area contributed by atoms with Gasteiger partial charge in [0.25, 0.3) is 5.56 Å². The average molecular weight is 387 g/mol. The van der Waals surface area contributed by atoms with E-state index < -0.39 is 24.1 Å². The highest BCUT2D eigenvalue weighted by Crippen LogP contribution is 2.27. The summed E-state index contributed by atoms with van der Waals surface area (Å²) in [6.07, 6.45) is 6.94. The second-order valence-electron chi connectivity index (χ2n) is 6.76. The van der Waals surface area contributed by atoms with Crippen molar-refractivity contribution in [3.8, 4) is 0 Å². The molecule has 1 aliphatic rings. The van der Waals surface area contributed by atoms with E-state index in [2.05, 4.69) is 11.9 Å². The number of nitrogens with one attached hydrogen (secondary N) is 1. The van der Waals surface area contributed by atoms with Gasteiger partial charge in [0.15, 0.2) is 0 Å². The van der Waals surface area contributed by atoms with Gasteiger partial charge in [0.05, 0.1) is 12.7 Å². The van der Waals surface area contributed by atoms with Gasteiger partial charge in [-0.2, -0.15) is 11.8 Å². The van der Waals surface area contributed by atoms with Crippen molar-refractivity contribution in [2.45, 2.75) is 76.1 Å².